The van der Waals surface area contributed by atoms with Crippen molar-refractivity contribution in [3.05, 3.63) is 77.4 Å². The minimum absolute atomic E-state index is 0.0531. The summed E-state index contributed by atoms with van der Waals surface area (Å²) in [5.41, 5.74) is 14.5. The number of carbonyl (C=O) groups is 1. The van der Waals surface area contributed by atoms with Gasteiger partial charge in [-0.1, -0.05) is 36.4 Å². The highest BCUT2D eigenvalue weighted by Gasteiger charge is 2.29. The molecule has 4 rings (SSSR count). The number of nitrogen functional groups attached to an aromatic ring is 2. The van der Waals surface area contributed by atoms with E-state index in [1.807, 2.05) is 24.3 Å². The Bertz CT molecular complexity index is 1020. The number of nitrogens with two attached hydrogens (primary N) is 2. The largest absolute Gasteiger partial charge is 0.504 e. The van der Waals surface area contributed by atoms with Gasteiger partial charge in [-0.25, -0.2) is 0 Å². The number of phenols is 2. The van der Waals surface area contributed by atoms with E-state index in [1.165, 1.54) is 13.2 Å². The van der Waals surface area contributed by atoms with Crippen LogP contribution in [0.25, 0.3) is 0 Å². The molecule has 7 nitrogen and oxygen atoms in total. The first kappa shape index (κ1) is 22.0. The molecule has 162 valence electrons. The van der Waals surface area contributed by atoms with Gasteiger partial charge in [-0.3, -0.25) is 4.79 Å². The zero-order chi connectivity index (χ0) is 22.4. The van der Waals surface area contributed by atoms with Gasteiger partial charge in [-0.05, 0) is 48.2 Å². The highest BCUT2D eigenvalue weighted by molar-refractivity contribution is 5.74. The molecule has 0 bridgehead atoms. The average molecular weight is 422 g/mol. The van der Waals surface area contributed by atoms with Gasteiger partial charge in [-0.15, -0.1) is 0 Å². The van der Waals surface area contributed by atoms with Gasteiger partial charge in [0.15, 0.2) is 11.5 Å². The van der Waals surface area contributed by atoms with Gasteiger partial charge in [0.25, 0.3) is 0 Å². The Labute approximate surface area is 180 Å². The Morgan fingerprint density at radius 1 is 0.935 bits per heavy atom. The van der Waals surface area contributed by atoms with E-state index in [1.54, 1.807) is 30.3 Å². The lowest BCUT2D eigenvalue weighted by molar-refractivity contribution is 0.0438. The molecule has 0 aromatic heterocycles. The molecule has 3 aromatic rings. The molecule has 0 aliphatic carbocycles. The van der Waals surface area contributed by atoms with Gasteiger partial charge in [0.05, 0.1) is 30.7 Å². The van der Waals surface area contributed by atoms with E-state index >= 15 is 0 Å². The van der Waals surface area contributed by atoms with Gasteiger partial charge in [-0.2, -0.15) is 0 Å². The van der Waals surface area contributed by atoms with Crippen LogP contribution in [0.1, 0.15) is 46.5 Å². The first-order valence-corrected chi connectivity index (χ1v) is 9.83. The molecule has 7 heteroatoms. The molecule has 1 heterocycles. The van der Waals surface area contributed by atoms with Crippen molar-refractivity contribution >= 4 is 17.7 Å². The summed E-state index contributed by atoms with van der Waals surface area (Å²) in [7, 11) is 1.44. The van der Waals surface area contributed by atoms with E-state index in [-0.39, 0.29) is 29.5 Å². The minimum Gasteiger partial charge on any atom is -0.504 e. The van der Waals surface area contributed by atoms with Crippen LogP contribution in [0.15, 0.2) is 60.7 Å². The molecule has 3 aromatic carbocycles. The molecule has 0 spiro atoms. The molecule has 0 saturated carbocycles. The van der Waals surface area contributed by atoms with Crippen molar-refractivity contribution < 1.29 is 24.5 Å². The molecule has 2 atom stereocenters. The lowest BCUT2D eigenvalue weighted by Gasteiger charge is -2.16. The number of benzene rings is 3. The lowest BCUT2D eigenvalue weighted by Crippen LogP contribution is -2.00. The normalized spacial score (nSPS) is 17.5. The van der Waals surface area contributed by atoms with Crippen LogP contribution in [0.5, 0.6) is 17.2 Å². The van der Waals surface area contributed by atoms with Gasteiger partial charge in [0.1, 0.15) is 6.29 Å². The van der Waals surface area contributed by atoms with Crippen molar-refractivity contribution in [2.24, 2.45) is 0 Å². The first-order valence-electron chi connectivity index (χ1n) is 9.83. The van der Waals surface area contributed by atoms with Crippen LogP contribution in [0.2, 0.25) is 0 Å². The van der Waals surface area contributed by atoms with Crippen LogP contribution >= 0.6 is 0 Å². The van der Waals surface area contributed by atoms with Crippen LogP contribution in [-0.4, -0.2) is 23.6 Å². The van der Waals surface area contributed by atoms with Crippen molar-refractivity contribution in [1.82, 2.24) is 0 Å². The third-order valence-electron chi connectivity index (χ3n) is 5.13. The van der Waals surface area contributed by atoms with Crippen LogP contribution in [0, 0.1) is 0 Å². The second-order valence-corrected chi connectivity index (χ2v) is 7.20. The van der Waals surface area contributed by atoms with Gasteiger partial charge < -0.3 is 31.2 Å². The second-order valence-electron chi connectivity index (χ2n) is 7.20. The second kappa shape index (κ2) is 9.86. The van der Waals surface area contributed by atoms with Gasteiger partial charge in [0, 0.05) is 5.56 Å². The van der Waals surface area contributed by atoms with E-state index in [9.17, 15) is 15.0 Å². The van der Waals surface area contributed by atoms with Crippen molar-refractivity contribution in [2.75, 3.05) is 18.6 Å². The summed E-state index contributed by atoms with van der Waals surface area (Å²) in [6.45, 7) is 0. The fourth-order valence-corrected chi connectivity index (χ4v) is 3.38. The third-order valence-corrected chi connectivity index (χ3v) is 5.13. The number of anilines is 2. The van der Waals surface area contributed by atoms with E-state index in [4.69, 9.17) is 20.9 Å². The van der Waals surface area contributed by atoms with Crippen LogP contribution in [-0.2, 0) is 4.74 Å². The Hall–Kier alpha value is -3.71. The highest BCUT2D eigenvalue weighted by atomic mass is 16.5. The SMILES string of the molecule is COc1cc(C2CCC(c3ccc(C=O)cc3)O2)cc(O)c1O.Nc1ccccc1N. The Balaban J connectivity index is 0.000000287. The molecule has 2 unspecified atom stereocenters. The monoisotopic (exact) mass is 422 g/mol. The zero-order valence-corrected chi connectivity index (χ0v) is 17.2. The smallest absolute Gasteiger partial charge is 0.200 e. The van der Waals surface area contributed by atoms with Crippen molar-refractivity contribution in [1.29, 1.82) is 0 Å². The van der Waals surface area contributed by atoms with Crippen LogP contribution in [0.3, 0.4) is 0 Å². The van der Waals surface area contributed by atoms with Crippen LogP contribution in [0.4, 0.5) is 11.4 Å². The number of aldehydes is 1. The van der Waals surface area contributed by atoms with E-state index in [2.05, 4.69) is 0 Å². The van der Waals surface area contributed by atoms with E-state index in [0.717, 1.165) is 30.3 Å². The Kier molecular flexibility index (Phi) is 6.99. The Morgan fingerprint density at radius 3 is 2.03 bits per heavy atom. The summed E-state index contributed by atoms with van der Waals surface area (Å²) in [6.07, 6.45) is 2.23. The average Bonchev–Trinajstić information content (AvgIpc) is 3.28. The summed E-state index contributed by atoms with van der Waals surface area (Å²) >= 11 is 0. The number of para-hydroxylation sites is 2. The van der Waals surface area contributed by atoms with Gasteiger partial charge >= 0.3 is 0 Å². The number of rotatable bonds is 4. The van der Waals surface area contributed by atoms with Crippen molar-refractivity contribution in [3.8, 4) is 17.2 Å². The molecule has 1 fully saturated rings. The molecule has 31 heavy (non-hydrogen) atoms. The van der Waals surface area contributed by atoms with Crippen molar-refractivity contribution in [2.45, 2.75) is 25.0 Å². The van der Waals surface area contributed by atoms with Gasteiger partial charge in [0.2, 0.25) is 5.75 Å². The topological polar surface area (TPSA) is 128 Å². The number of methoxy groups -OCH3 is 1. The van der Waals surface area contributed by atoms with E-state index in [0.29, 0.717) is 16.9 Å². The minimum atomic E-state index is -0.268. The molecule has 1 aliphatic rings. The summed E-state index contributed by atoms with van der Waals surface area (Å²) in [4.78, 5) is 10.7. The summed E-state index contributed by atoms with van der Waals surface area (Å²) < 4.78 is 11.1. The number of hydrogen-bond donors (Lipinski definition) is 4. The Morgan fingerprint density at radius 2 is 1.52 bits per heavy atom. The molecular formula is C24H26N2O5. The van der Waals surface area contributed by atoms with Crippen LogP contribution < -0.4 is 16.2 Å². The molecule has 1 saturated heterocycles. The quantitative estimate of drug-likeness (QED) is 0.279. The predicted octanol–water partition coefficient (Wildman–Crippen LogP) is 4.36. The summed E-state index contributed by atoms with van der Waals surface area (Å²) in [6, 6.07) is 17.8. The number of aromatic hydroxyl groups is 2. The maximum atomic E-state index is 10.7. The summed E-state index contributed by atoms with van der Waals surface area (Å²) in [5.74, 6) is -0.264. The standard InChI is InChI=1S/C18H18O5.C6H8N2/c1-22-17-9-13(8-14(20)18(17)21)16-7-6-15(23-16)12-4-2-11(10-19)3-5-12;7-5-3-1-2-4-6(5)8/h2-5,8-10,15-16,20-21H,6-7H2,1H3;1-4H,7-8H2. The summed E-state index contributed by atoms with van der Waals surface area (Å²) in [5, 5.41) is 19.5. The molecule has 0 amide bonds. The number of carbonyl (C=O) groups excluding carboxylic acids is 1. The highest BCUT2D eigenvalue weighted by Crippen LogP contribution is 2.45. The van der Waals surface area contributed by atoms with E-state index < -0.39 is 0 Å². The fraction of sp³-hybridized carbons (Fsp3) is 0.208. The zero-order valence-electron chi connectivity index (χ0n) is 17.2. The maximum Gasteiger partial charge on any atom is 0.200 e. The lowest BCUT2D eigenvalue weighted by atomic mass is 10.0. The molecule has 1 aliphatic heterocycles. The molecular weight excluding hydrogens is 396 g/mol. The van der Waals surface area contributed by atoms with Crippen molar-refractivity contribution in [3.63, 3.8) is 0 Å². The molecule has 6 N–H and O–H groups in total. The molecule has 0 radical (unpaired) electrons. The number of hydrogen-bond acceptors (Lipinski definition) is 7. The number of phenolic OH excluding ortho intramolecular Hbond substituents is 2. The first-order chi connectivity index (χ1) is 14.9. The maximum absolute atomic E-state index is 10.7. The number of ether oxygens (including phenoxy) is 2. The predicted molar refractivity (Wildman–Crippen MR) is 119 cm³/mol. The fourth-order valence-electron chi connectivity index (χ4n) is 3.38. The third kappa shape index (κ3) is 5.26.